The summed E-state index contributed by atoms with van der Waals surface area (Å²) in [5.74, 6) is -0.0839. The molecule has 1 aromatic rings. The summed E-state index contributed by atoms with van der Waals surface area (Å²) in [6.07, 6.45) is 2.82. The van der Waals surface area contributed by atoms with Crippen LogP contribution in [0.2, 0.25) is 5.02 Å². The maximum Gasteiger partial charge on any atom is 0.253 e. The van der Waals surface area contributed by atoms with Crippen LogP contribution in [0.3, 0.4) is 0 Å². The number of hydrogen-bond donors (Lipinski definition) is 0. The lowest BCUT2D eigenvalue weighted by molar-refractivity contribution is -0.164. The van der Waals surface area contributed by atoms with Crippen molar-refractivity contribution in [1.29, 1.82) is 5.26 Å². The molecule has 2 aliphatic rings. The van der Waals surface area contributed by atoms with E-state index in [4.69, 9.17) is 21.6 Å². The first-order chi connectivity index (χ1) is 13.0. The van der Waals surface area contributed by atoms with Gasteiger partial charge in [0.15, 0.2) is 0 Å². The number of nitriles is 1. The molecule has 1 amide bonds. The average Bonchev–Trinajstić information content (AvgIpc) is 3.46. The van der Waals surface area contributed by atoms with Crippen LogP contribution < -0.4 is 0 Å². The second-order valence-corrected chi connectivity index (χ2v) is 9.11. The minimum Gasteiger partial charge on any atom is -0.365 e. The third-order valence-electron chi connectivity index (χ3n) is 5.04. The predicted octanol–water partition coefficient (Wildman–Crippen LogP) is 4.04. The quantitative estimate of drug-likeness (QED) is 0.608. The number of benzene rings is 1. The van der Waals surface area contributed by atoms with Crippen molar-refractivity contribution in [2.45, 2.75) is 56.0 Å². The van der Waals surface area contributed by atoms with Gasteiger partial charge in [-0.15, -0.1) is 0 Å². The molecule has 1 aliphatic carbocycles. The smallest absolute Gasteiger partial charge is 0.253 e. The van der Waals surface area contributed by atoms with E-state index >= 15 is 0 Å². The van der Waals surface area contributed by atoms with Crippen LogP contribution in [0.15, 0.2) is 24.3 Å². The van der Waals surface area contributed by atoms with Gasteiger partial charge in [-0.2, -0.15) is 5.26 Å². The van der Waals surface area contributed by atoms with Gasteiger partial charge in [0.05, 0.1) is 25.1 Å². The molecule has 0 aromatic heterocycles. The molecule has 0 spiro atoms. The number of halogens is 1. The summed E-state index contributed by atoms with van der Waals surface area (Å²) in [6.45, 7) is 3.31. The van der Waals surface area contributed by atoms with Gasteiger partial charge in [-0.05, 0) is 44.0 Å². The molecule has 146 valence electrons. The largest absolute Gasteiger partial charge is 0.365 e. The Balaban J connectivity index is 1.83. The second-order valence-electron chi connectivity index (χ2n) is 7.17. The number of nitrogens with zero attached hydrogens (tertiary/aromatic N) is 3. The van der Waals surface area contributed by atoms with E-state index in [-0.39, 0.29) is 24.4 Å². The van der Waals surface area contributed by atoms with Gasteiger partial charge in [0.2, 0.25) is 0 Å². The number of carbonyl (C=O) groups excluding carboxylic acids is 1. The molecule has 27 heavy (non-hydrogen) atoms. The number of carbonyl (C=O) groups is 1. The first-order valence-corrected chi connectivity index (χ1v) is 10.7. The molecule has 1 heterocycles. The number of morpholine rings is 1. The first-order valence-electron chi connectivity index (χ1n) is 9.47. The standard InChI is InChI=1S/C20H26ClN3O2S/c1-3-16(12-23(2)27-17-8-9-17)24-18(14-4-6-15(21)7-5-14)13-26-19(10-11-22)20(24)25/h4-7,16-19H,3,8-10,12-13H2,1-2H3. The third-order valence-corrected chi connectivity index (χ3v) is 6.57. The fourth-order valence-electron chi connectivity index (χ4n) is 3.47. The van der Waals surface area contributed by atoms with E-state index in [1.807, 2.05) is 41.1 Å². The molecule has 1 saturated heterocycles. The van der Waals surface area contributed by atoms with E-state index in [2.05, 4.69) is 24.3 Å². The molecule has 3 atom stereocenters. The molecule has 3 unspecified atom stereocenters. The van der Waals surface area contributed by atoms with Gasteiger partial charge >= 0.3 is 0 Å². The highest BCUT2D eigenvalue weighted by atomic mass is 35.5. The normalized spacial score (nSPS) is 24.1. The van der Waals surface area contributed by atoms with Crippen molar-refractivity contribution in [3.05, 3.63) is 34.9 Å². The number of rotatable bonds is 8. The molecule has 0 radical (unpaired) electrons. The molecular weight excluding hydrogens is 382 g/mol. The van der Waals surface area contributed by atoms with Crippen molar-refractivity contribution < 1.29 is 9.53 Å². The molecule has 3 rings (SSSR count). The van der Waals surface area contributed by atoms with E-state index in [9.17, 15) is 4.79 Å². The lowest BCUT2D eigenvalue weighted by Crippen LogP contribution is -2.55. The van der Waals surface area contributed by atoms with Gasteiger partial charge in [0.25, 0.3) is 5.91 Å². The van der Waals surface area contributed by atoms with Crippen molar-refractivity contribution in [2.75, 3.05) is 20.2 Å². The molecule has 7 heteroatoms. The Morgan fingerprint density at radius 3 is 2.70 bits per heavy atom. The lowest BCUT2D eigenvalue weighted by Gasteiger charge is -2.44. The van der Waals surface area contributed by atoms with Crippen LogP contribution in [-0.2, 0) is 9.53 Å². The number of ether oxygens (including phenoxy) is 1. The van der Waals surface area contributed by atoms with Gasteiger partial charge in [-0.1, -0.05) is 42.6 Å². The zero-order valence-electron chi connectivity index (χ0n) is 15.8. The Labute approximate surface area is 170 Å². The summed E-state index contributed by atoms with van der Waals surface area (Å²) >= 11 is 7.91. The molecule has 1 aliphatic heterocycles. The lowest BCUT2D eigenvalue weighted by atomic mass is 9.99. The fourth-order valence-corrected chi connectivity index (χ4v) is 4.71. The molecule has 1 aromatic carbocycles. The monoisotopic (exact) mass is 407 g/mol. The first kappa shape index (κ1) is 20.5. The van der Waals surface area contributed by atoms with Crippen LogP contribution in [0.25, 0.3) is 0 Å². The topological polar surface area (TPSA) is 56.6 Å². The molecule has 5 nitrogen and oxygen atoms in total. The van der Waals surface area contributed by atoms with E-state index in [1.54, 1.807) is 0 Å². The average molecular weight is 408 g/mol. The van der Waals surface area contributed by atoms with Crippen LogP contribution in [-0.4, -0.2) is 52.7 Å². The highest BCUT2D eigenvalue weighted by Crippen LogP contribution is 2.37. The number of likely N-dealkylation sites (N-methyl/N-ethyl adjacent to an activating group) is 1. The van der Waals surface area contributed by atoms with E-state index in [1.165, 1.54) is 12.8 Å². The Morgan fingerprint density at radius 1 is 1.41 bits per heavy atom. The summed E-state index contributed by atoms with van der Waals surface area (Å²) in [5.41, 5.74) is 1.01. The molecule has 1 saturated carbocycles. The van der Waals surface area contributed by atoms with Crippen LogP contribution in [0, 0.1) is 11.3 Å². The van der Waals surface area contributed by atoms with Crippen molar-refractivity contribution in [3.8, 4) is 6.07 Å². The SMILES string of the molecule is CCC(CN(C)SC1CC1)N1C(=O)C(CC#N)OCC1c1ccc(Cl)cc1. The highest BCUT2D eigenvalue weighted by molar-refractivity contribution is 7.97. The Kier molecular flexibility index (Phi) is 7.04. The van der Waals surface area contributed by atoms with Crippen molar-refractivity contribution >= 4 is 29.5 Å². The second kappa shape index (κ2) is 9.29. The third kappa shape index (κ3) is 5.17. The molecule has 0 bridgehead atoms. The van der Waals surface area contributed by atoms with Crippen LogP contribution in [0.5, 0.6) is 0 Å². The summed E-state index contributed by atoms with van der Waals surface area (Å²) < 4.78 is 8.02. The molecular formula is C20H26ClN3O2S. The number of amides is 1. The van der Waals surface area contributed by atoms with E-state index in [0.29, 0.717) is 11.6 Å². The minimum atomic E-state index is -0.672. The van der Waals surface area contributed by atoms with E-state index < -0.39 is 6.10 Å². The minimum absolute atomic E-state index is 0.0690. The van der Waals surface area contributed by atoms with Crippen LogP contribution in [0.1, 0.15) is 44.2 Å². The highest BCUT2D eigenvalue weighted by Gasteiger charge is 2.40. The molecule has 2 fully saturated rings. The van der Waals surface area contributed by atoms with Crippen molar-refractivity contribution in [3.63, 3.8) is 0 Å². The predicted molar refractivity (Wildman–Crippen MR) is 108 cm³/mol. The van der Waals surface area contributed by atoms with Crippen LogP contribution >= 0.6 is 23.5 Å². The van der Waals surface area contributed by atoms with Crippen LogP contribution in [0.4, 0.5) is 0 Å². The Morgan fingerprint density at radius 2 is 2.11 bits per heavy atom. The molecule has 0 N–H and O–H groups in total. The maximum atomic E-state index is 13.2. The Hall–Kier alpha value is -1.26. The zero-order valence-corrected chi connectivity index (χ0v) is 17.4. The van der Waals surface area contributed by atoms with Gasteiger partial charge in [-0.25, -0.2) is 0 Å². The van der Waals surface area contributed by atoms with Crippen molar-refractivity contribution in [2.24, 2.45) is 0 Å². The fraction of sp³-hybridized carbons (Fsp3) is 0.600. The number of hydrogen-bond acceptors (Lipinski definition) is 5. The summed E-state index contributed by atoms with van der Waals surface area (Å²) in [6, 6.07) is 9.59. The van der Waals surface area contributed by atoms with Gasteiger partial charge in [0.1, 0.15) is 6.10 Å². The summed E-state index contributed by atoms with van der Waals surface area (Å²) in [4.78, 5) is 15.1. The zero-order chi connectivity index (χ0) is 19.4. The summed E-state index contributed by atoms with van der Waals surface area (Å²) in [7, 11) is 2.10. The summed E-state index contributed by atoms with van der Waals surface area (Å²) in [5, 5.41) is 10.5. The van der Waals surface area contributed by atoms with E-state index in [0.717, 1.165) is 23.8 Å². The van der Waals surface area contributed by atoms with Crippen molar-refractivity contribution in [1.82, 2.24) is 9.21 Å². The van der Waals surface area contributed by atoms with Gasteiger partial charge in [0, 0.05) is 22.9 Å². The van der Waals surface area contributed by atoms with Gasteiger partial charge < -0.3 is 9.64 Å². The maximum absolute atomic E-state index is 13.2. The Bertz CT molecular complexity index is 689. The van der Waals surface area contributed by atoms with Gasteiger partial charge in [-0.3, -0.25) is 9.10 Å².